The summed E-state index contributed by atoms with van der Waals surface area (Å²) >= 11 is 0. The van der Waals surface area contributed by atoms with Crippen molar-refractivity contribution in [3.05, 3.63) is 0 Å². The molecule has 0 aromatic heterocycles. The largest absolute Gasteiger partial charge is 0.316 e. The van der Waals surface area contributed by atoms with Gasteiger partial charge < -0.3 is 5.32 Å². The van der Waals surface area contributed by atoms with Gasteiger partial charge in [0.15, 0.2) is 0 Å². The van der Waals surface area contributed by atoms with Crippen LogP contribution in [0, 0.1) is 5.92 Å². The first-order valence-electron chi connectivity index (χ1n) is 5.11. The molecule has 1 rings (SSSR count). The molecule has 1 atom stereocenters. The van der Waals surface area contributed by atoms with E-state index < -0.39 is 10.0 Å². The maximum Gasteiger partial charge on any atom is 0.214 e. The third-order valence-electron chi connectivity index (χ3n) is 2.50. The van der Waals surface area contributed by atoms with Gasteiger partial charge in [-0.3, -0.25) is 0 Å². The van der Waals surface area contributed by atoms with Gasteiger partial charge in [0.1, 0.15) is 0 Å². The highest BCUT2D eigenvalue weighted by Gasteiger charge is 2.30. The van der Waals surface area contributed by atoms with Crippen molar-refractivity contribution in [3.8, 4) is 0 Å². The Bertz CT molecular complexity index is 275. The summed E-state index contributed by atoms with van der Waals surface area (Å²) in [5.74, 6) is 0.470. The molecular formula is C9H20N2O2S. The molecule has 0 aromatic carbocycles. The molecule has 4 nitrogen and oxygen atoms in total. The average molecular weight is 220 g/mol. The number of nitrogens with zero attached hydrogens (tertiary/aromatic N) is 1. The van der Waals surface area contributed by atoms with E-state index in [2.05, 4.69) is 5.32 Å². The number of nitrogens with one attached hydrogen (secondary N) is 1. The van der Waals surface area contributed by atoms with Crippen LogP contribution >= 0.6 is 0 Å². The molecular weight excluding hydrogens is 200 g/mol. The molecule has 14 heavy (non-hydrogen) atoms. The quantitative estimate of drug-likeness (QED) is 0.739. The lowest BCUT2D eigenvalue weighted by molar-refractivity contribution is 0.458. The molecule has 1 aliphatic rings. The van der Waals surface area contributed by atoms with Crippen molar-refractivity contribution in [1.29, 1.82) is 0 Å². The number of likely N-dealkylation sites (N-methyl/N-ethyl adjacent to an activating group) is 1. The van der Waals surface area contributed by atoms with Gasteiger partial charge in [-0.25, -0.2) is 12.7 Å². The van der Waals surface area contributed by atoms with Crippen molar-refractivity contribution in [3.63, 3.8) is 0 Å². The van der Waals surface area contributed by atoms with Crippen LogP contribution in [0.15, 0.2) is 0 Å². The zero-order valence-electron chi connectivity index (χ0n) is 9.16. The Balaban J connectivity index is 2.57. The van der Waals surface area contributed by atoms with E-state index >= 15 is 0 Å². The monoisotopic (exact) mass is 220 g/mol. The third-order valence-corrected chi connectivity index (χ3v) is 4.70. The smallest absolute Gasteiger partial charge is 0.214 e. The third kappa shape index (κ3) is 2.93. The molecule has 1 aliphatic heterocycles. The van der Waals surface area contributed by atoms with Gasteiger partial charge in [0.2, 0.25) is 10.0 Å². The van der Waals surface area contributed by atoms with Crippen LogP contribution in [0.25, 0.3) is 0 Å². The summed E-state index contributed by atoms with van der Waals surface area (Å²) in [5, 5.41) is 3.11. The fraction of sp³-hybridized carbons (Fsp3) is 1.00. The minimum atomic E-state index is -3.01. The molecule has 0 aliphatic carbocycles. The standard InChI is InChI=1S/C9H20N2O2S/c1-8(2)7-14(12,13)11-5-4-9(6-11)10-3/h8-10H,4-7H2,1-3H3. The Hall–Kier alpha value is -0.130. The molecule has 0 amide bonds. The van der Waals surface area contributed by atoms with Gasteiger partial charge in [-0.05, 0) is 19.4 Å². The number of hydrogen-bond donors (Lipinski definition) is 1. The van der Waals surface area contributed by atoms with Crippen molar-refractivity contribution in [2.45, 2.75) is 26.3 Å². The average Bonchev–Trinajstić information content (AvgIpc) is 2.49. The first-order chi connectivity index (χ1) is 6.45. The van der Waals surface area contributed by atoms with Gasteiger partial charge >= 0.3 is 0 Å². The Morgan fingerprint density at radius 2 is 2.14 bits per heavy atom. The predicted octanol–water partition coefficient (Wildman–Crippen LogP) is 0.266. The molecule has 1 saturated heterocycles. The van der Waals surface area contributed by atoms with E-state index in [1.807, 2.05) is 20.9 Å². The molecule has 0 bridgehead atoms. The number of rotatable bonds is 4. The zero-order chi connectivity index (χ0) is 10.8. The molecule has 84 valence electrons. The summed E-state index contributed by atoms with van der Waals surface area (Å²) in [7, 11) is -1.13. The van der Waals surface area contributed by atoms with E-state index in [1.165, 1.54) is 0 Å². The summed E-state index contributed by atoms with van der Waals surface area (Å²) in [6.45, 7) is 5.17. The van der Waals surface area contributed by atoms with Gasteiger partial charge in [-0.15, -0.1) is 0 Å². The van der Waals surface area contributed by atoms with Gasteiger partial charge in [-0.1, -0.05) is 13.8 Å². The highest BCUT2D eigenvalue weighted by Crippen LogP contribution is 2.15. The van der Waals surface area contributed by atoms with E-state index in [0.29, 0.717) is 19.1 Å². The second-order valence-electron chi connectivity index (χ2n) is 4.30. The Morgan fingerprint density at radius 1 is 1.50 bits per heavy atom. The molecule has 1 fully saturated rings. The Kier molecular flexibility index (Phi) is 3.92. The van der Waals surface area contributed by atoms with Crippen LogP contribution in [0.4, 0.5) is 0 Å². The lowest BCUT2D eigenvalue weighted by Crippen LogP contribution is -2.35. The molecule has 0 radical (unpaired) electrons. The zero-order valence-corrected chi connectivity index (χ0v) is 9.97. The van der Waals surface area contributed by atoms with Crippen LogP contribution < -0.4 is 5.32 Å². The molecule has 1 heterocycles. The summed E-state index contributed by atoms with van der Waals surface area (Å²) < 4.78 is 25.2. The van der Waals surface area contributed by atoms with Crippen molar-refractivity contribution in [2.24, 2.45) is 5.92 Å². The van der Waals surface area contributed by atoms with Crippen LogP contribution in [-0.4, -0.2) is 44.7 Å². The van der Waals surface area contributed by atoms with Gasteiger partial charge in [0, 0.05) is 19.1 Å². The molecule has 1 unspecified atom stereocenters. The van der Waals surface area contributed by atoms with Gasteiger partial charge in [0.25, 0.3) is 0 Å². The molecule has 0 aromatic rings. The van der Waals surface area contributed by atoms with Crippen molar-refractivity contribution < 1.29 is 8.42 Å². The highest BCUT2D eigenvalue weighted by atomic mass is 32.2. The van der Waals surface area contributed by atoms with E-state index in [-0.39, 0.29) is 11.7 Å². The topological polar surface area (TPSA) is 49.4 Å². The molecule has 0 spiro atoms. The van der Waals surface area contributed by atoms with E-state index in [0.717, 1.165) is 6.42 Å². The van der Waals surface area contributed by atoms with Crippen LogP contribution in [-0.2, 0) is 10.0 Å². The van der Waals surface area contributed by atoms with Crippen molar-refractivity contribution in [2.75, 3.05) is 25.9 Å². The second-order valence-corrected chi connectivity index (χ2v) is 6.32. The normalized spacial score (nSPS) is 24.7. The summed E-state index contributed by atoms with van der Waals surface area (Å²) in [5.41, 5.74) is 0. The predicted molar refractivity (Wildman–Crippen MR) is 57.7 cm³/mol. The Morgan fingerprint density at radius 3 is 2.57 bits per heavy atom. The van der Waals surface area contributed by atoms with Gasteiger partial charge in [-0.2, -0.15) is 0 Å². The Labute approximate surface area is 86.7 Å². The van der Waals surface area contributed by atoms with Crippen LogP contribution in [0.3, 0.4) is 0 Å². The summed E-state index contributed by atoms with van der Waals surface area (Å²) in [4.78, 5) is 0. The lowest BCUT2D eigenvalue weighted by Gasteiger charge is -2.17. The molecule has 0 saturated carbocycles. The minimum Gasteiger partial charge on any atom is -0.316 e. The second kappa shape index (κ2) is 4.59. The van der Waals surface area contributed by atoms with Crippen LogP contribution in [0.5, 0.6) is 0 Å². The summed E-state index contributed by atoms with van der Waals surface area (Å²) in [6.07, 6.45) is 0.924. The van der Waals surface area contributed by atoms with E-state index in [9.17, 15) is 8.42 Å². The summed E-state index contributed by atoms with van der Waals surface area (Å²) in [6, 6.07) is 0.330. The van der Waals surface area contributed by atoms with Gasteiger partial charge in [0.05, 0.1) is 5.75 Å². The van der Waals surface area contributed by atoms with E-state index in [4.69, 9.17) is 0 Å². The fourth-order valence-electron chi connectivity index (χ4n) is 1.74. The van der Waals surface area contributed by atoms with Crippen LogP contribution in [0.1, 0.15) is 20.3 Å². The van der Waals surface area contributed by atoms with E-state index in [1.54, 1.807) is 4.31 Å². The lowest BCUT2D eigenvalue weighted by atomic mass is 10.3. The number of sulfonamides is 1. The maximum atomic E-state index is 11.8. The van der Waals surface area contributed by atoms with Crippen molar-refractivity contribution >= 4 is 10.0 Å². The molecule has 5 heteroatoms. The number of hydrogen-bond acceptors (Lipinski definition) is 3. The van der Waals surface area contributed by atoms with Crippen LogP contribution in [0.2, 0.25) is 0 Å². The maximum absolute atomic E-state index is 11.8. The first kappa shape index (κ1) is 11.9. The highest BCUT2D eigenvalue weighted by molar-refractivity contribution is 7.89. The van der Waals surface area contributed by atoms with Crippen molar-refractivity contribution in [1.82, 2.24) is 9.62 Å². The molecule has 1 N–H and O–H groups in total. The SMILES string of the molecule is CNC1CCN(S(=O)(=O)CC(C)C)C1. The fourth-order valence-corrected chi connectivity index (χ4v) is 3.59. The minimum absolute atomic E-state index is 0.202. The first-order valence-corrected chi connectivity index (χ1v) is 6.71.